The molecule has 802 valence electrons. The summed E-state index contributed by atoms with van der Waals surface area (Å²) < 4.78 is 26.6. The maximum absolute atomic E-state index is 12.5. The monoisotopic (exact) mass is 1950 g/mol. The maximum atomic E-state index is 12.5. The zero-order chi connectivity index (χ0) is 102. The molecule has 0 bridgehead atoms. The Labute approximate surface area is 851 Å². The Morgan fingerprint density at radius 1 is 0.281 bits per heavy atom. The average molecular weight is 1950 g/mol. The van der Waals surface area contributed by atoms with E-state index < -0.39 is 12.2 Å². The largest absolute Gasteiger partial charge is 0.463 e. The molecule has 0 aliphatic carbocycles. The van der Waals surface area contributed by atoms with Crippen LogP contribution in [0.25, 0.3) is 0 Å². The quantitative estimate of drug-likeness (QED) is 0.00873. The summed E-state index contributed by atoms with van der Waals surface area (Å²) in [6.07, 6.45) is 115. The number of carbonyl (C=O) groups is 5. The number of rotatable bonds is 100. The molecule has 3 unspecified atom stereocenters. The van der Waals surface area contributed by atoms with Gasteiger partial charge in [-0.25, -0.2) is 29.3 Å². The Morgan fingerprint density at radius 3 is 0.842 bits per heavy atom. The highest BCUT2D eigenvalue weighted by Crippen LogP contribution is 2.18. The van der Waals surface area contributed by atoms with Gasteiger partial charge in [-0.05, 0) is 213 Å². The zero-order valence-corrected chi connectivity index (χ0v) is 89.9. The van der Waals surface area contributed by atoms with Crippen LogP contribution in [-0.2, 0) is 86.8 Å². The van der Waals surface area contributed by atoms with Crippen molar-refractivity contribution in [3.8, 4) is 0 Å². The minimum Gasteiger partial charge on any atom is -0.463 e. The van der Waals surface area contributed by atoms with Gasteiger partial charge in [-0.2, -0.15) is 4.89 Å². The SMILES string of the molecule is C=C(C)COOCC(COC(=O)CCCCCCC/C=C/C/C=C/CCCCCCC)OC(=O)CCCCCCC/C=C/C/C=C/CCCCC.C=C(C)COOCC(O)COC(=O)CCCCCCC/C=C/C/C=C/CCCCC.C=C(C)COOCCOC(=O)CCCCCCC/C=C/C/C=C/CCCCC.C=C=COOCC(CC=C)OC(=O)CCCCCCC/C=C/C/C=C/CCCCC.[HH]. The van der Waals surface area contributed by atoms with Gasteiger partial charge in [0.1, 0.15) is 78.3 Å². The second kappa shape index (κ2) is 121. The van der Waals surface area contributed by atoms with Gasteiger partial charge in [-0.3, -0.25) is 24.0 Å². The summed E-state index contributed by atoms with van der Waals surface area (Å²) in [6, 6.07) is 0. The first-order valence-electron chi connectivity index (χ1n) is 54.9. The number of carbonyl (C=O) groups excluding carboxylic acids is 5. The molecule has 0 saturated heterocycles. The minimum absolute atomic E-state index is 0. The molecule has 0 radical (unpaired) electrons. The van der Waals surface area contributed by atoms with Crippen molar-refractivity contribution in [3.63, 3.8) is 0 Å². The maximum Gasteiger partial charge on any atom is 0.306 e. The number of allylic oxidation sites excluding steroid dienone is 20. The Kier molecular flexibility index (Phi) is 120. The lowest BCUT2D eigenvalue weighted by Crippen LogP contribution is -2.30. The molecule has 1 N–H and O–H groups in total. The van der Waals surface area contributed by atoms with Gasteiger partial charge in [-0.15, -0.1) is 6.58 Å². The number of unbranched alkanes of at least 4 members (excludes halogenated alkanes) is 42. The zero-order valence-electron chi connectivity index (χ0n) is 89.9. The second-order valence-electron chi connectivity index (χ2n) is 36.4. The van der Waals surface area contributed by atoms with E-state index in [-0.39, 0.29) is 96.8 Å². The summed E-state index contributed by atoms with van der Waals surface area (Å²) in [7, 11) is 0. The Morgan fingerprint density at radius 2 is 0.532 bits per heavy atom. The van der Waals surface area contributed by atoms with Gasteiger partial charge in [0.2, 0.25) is 0 Å². The summed E-state index contributed by atoms with van der Waals surface area (Å²) in [5, 5.41) is 9.65. The van der Waals surface area contributed by atoms with Crippen molar-refractivity contribution < 1.29 is 93.3 Å². The van der Waals surface area contributed by atoms with E-state index in [9.17, 15) is 29.1 Å². The first-order valence-corrected chi connectivity index (χ1v) is 54.9. The van der Waals surface area contributed by atoms with E-state index >= 15 is 0 Å². The Hall–Kier alpha value is -7.29. The Bertz CT molecular complexity index is 3130. The smallest absolute Gasteiger partial charge is 0.306 e. The van der Waals surface area contributed by atoms with Crippen molar-refractivity contribution in [3.05, 3.63) is 189 Å². The summed E-state index contributed by atoms with van der Waals surface area (Å²) >= 11 is 0. The molecule has 0 amide bonds. The Balaban J connectivity index is -0.000000599. The van der Waals surface area contributed by atoms with Gasteiger partial charge in [0.05, 0.1) is 0 Å². The number of esters is 5. The van der Waals surface area contributed by atoms with Crippen molar-refractivity contribution in [1.82, 2.24) is 0 Å². The van der Waals surface area contributed by atoms with Crippen molar-refractivity contribution in [2.45, 2.75) is 478 Å². The molecular weight excluding hydrogens is 1750 g/mol. The van der Waals surface area contributed by atoms with Crippen LogP contribution in [0.4, 0.5) is 0 Å². The minimum atomic E-state index is -0.885. The summed E-state index contributed by atoms with van der Waals surface area (Å²) in [4.78, 5) is 99.5. The van der Waals surface area contributed by atoms with E-state index in [0.29, 0.717) is 45.1 Å². The van der Waals surface area contributed by atoms with E-state index in [1.54, 1.807) is 6.08 Å². The van der Waals surface area contributed by atoms with Gasteiger partial charge in [0.15, 0.2) is 12.4 Å². The fourth-order valence-corrected chi connectivity index (χ4v) is 13.4. The van der Waals surface area contributed by atoms with Crippen LogP contribution in [-0.4, -0.2) is 119 Å². The van der Waals surface area contributed by atoms with E-state index in [2.05, 4.69) is 195 Å². The molecule has 0 heterocycles. The van der Waals surface area contributed by atoms with Crippen LogP contribution in [0.15, 0.2) is 189 Å². The molecule has 0 spiro atoms. The van der Waals surface area contributed by atoms with Crippen LogP contribution in [0.1, 0.15) is 461 Å². The molecule has 0 aromatic heterocycles. The van der Waals surface area contributed by atoms with E-state index in [4.69, 9.17) is 62.8 Å². The fourth-order valence-electron chi connectivity index (χ4n) is 13.4. The number of aliphatic hydroxyl groups is 1. The third-order valence-electron chi connectivity index (χ3n) is 21.6. The van der Waals surface area contributed by atoms with Gasteiger partial charge in [0.25, 0.3) is 0 Å². The number of hydrogen-bond acceptors (Lipinski definition) is 19. The molecule has 3 atom stereocenters. The number of aliphatic hydroxyl groups excluding tert-OH is 1. The fraction of sp³-hybridized carbons (Fsp3) is 0.700. The lowest BCUT2D eigenvalue weighted by atomic mass is 10.1. The topological polar surface area (TPSA) is 226 Å². The lowest BCUT2D eigenvalue weighted by molar-refractivity contribution is -0.301. The van der Waals surface area contributed by atoms with Crippen LogP contribution >= 0.6 is 0 Å². The van der Waals surface area contributed by atoms with Gasteiger partial charge in [-0.1, -0.05) is 384 Å². The third kappa shape index (κ3) is 129. The molecule has 19 nitrogen and oxygen atoms in total. The standard InChI is InChI=1S/C45H78O6.C26H42O4.C25H44O5.C24H42O4.H2/c1-5-7-9-11-13-15-17-19-21-22-24-25-27-29-31-33-35-37-44(46)48-40-43(41-50-49-39-42(3)4)51-45(47)38-36-34-32-30-28-26-23-20-18-16-14-12-10-8-6-2;1-4-7-8-9-10-11-12-13-14-15-16-17-18-19-20-22-26(27)30-25(21-5-2)24-29-28-23-6-3;1-4-5-6-7-8-9-10-11-12-13-14-15-16-17-18-19-25(27)28-21-24(26)22-30-29-20-23(2)3;1-4-5-6-7-8-9-10-11-12-13-14-15-16-17-18-19-24(25)26-20-21-27-28-22-23(2)3;/h14,16-17,19-20,22-24,43H,3,5-13,15,18,21,25-41H2,1-2,4H3;5,10-11,13-14,23,25H,2-4,7-9,12,15-22,24H2,1H3;8-9,11-12,24,26H,2,4-7,10,13-22H2,1,3H3;8-9,11-12H,2,4-7,10,13-22H2,1,3H3;1H/b16-14+,19-17+,23-20+,24-22+;11-10+,14-13+;2*9-8+,12-11+;. The molecule has 0 aromatic carbocycles. The van der Waals surface area contributed by atoms with Crippen molar-refractivity contribution in [2.24, 2.45) is 0 Å². The lowest BCUT2D eigenvalue weighted by Gasteiger charge is -2.18. The molecule has 0 saturated carbocycles. The first kappa shape index (κ1) is 138. The average Bonchev–Trinajstić information content (AvgIpc) is 0.958. The molecule has 139 heavy (non-hydrogen) atoms. The molecule has 0 rings (SSSR count). The van der Waals surface area contributed by atoms with Crippen molar-refractivity contribution >= 4 is 29.8 Å². The van der Waals surface area contributed by atoms with Crippen LogP contribution in [0.3, 0.4) is 0 Å². The highest BCUT2D eigenvalue weighted by atomic mass is 17.2. The van der Waals surface area contributed by atoms with Gasteiger partial charge >= 0.3 is 29.8 Å². The van der Waals surface area contributed by atoms with Crippen molar-refractivity contribution in [2.75, 3.05) is 66.1 Å². The van der Waals surface area contributed by atoms with Crippen LogP contribution < -0.4 is 0 Å². The van der Waals surface area contributed by atoms with Crippen molar-refractivity contribution in [1.29, 1.82) is 0 Å². The highest BCUT2D eigenvalue weighted by Gasteiger charge is 2.20. The van der Waals surface area contributed by atoms with E-state index in [0.717, 1.165) is 177 Å². The van der Waals surface area contributed by atoms with Gasteiger partial charge in [0, 0.05) is 40.0 Å². The first-order chi connectivity index (χ1) is 68.0. The molecule has 0 aromatic rings. The molecular formula is C120H208O19. The summed E-state index contributed by atoms with van der Waals surface area (Å²) in [5.41, 5.74) is 4.96. The van der Waals surface area contributed by atoms with Crippen LogP contribution in [0.5, 0.6) is 0 Å². The second-order valence-corrected chi connectivity index (χ2v) is 36.4. The van der Waals surface area contributed by atoms with Crippen LogP contribution in [0.2, 0.25) is 0 Å². The number of ether oxygens (including phenoxy) is 5. The van der Waals surface area contributed by atoms with E-state index in [1.165, 1.54) is 212 Å². The third-order valence-corrected chi connectivity index (χ3v) is 21.6. The molecule has 0 aliphatic rings. The highest BCUT2D eigenvalue weighted by molar-refractivity contribution is 5.71. The predicted molar refractivity (Wildman–Crippen MR) is 582 cm³/mol. The van der Waals surface area contributed by atoms with Gasteiger partial charge < -0.3 is 33.7 Å². The van der Waals surface area contributed by atoms with E-state index in [1.807, 2.05) is 20.8 Å². The number of hydrogen-bond donors (Lipinski definition) is 1. The predicted octanol–water partition coefficient (Wildman–Crippen LogP) is 34.2. The molecule has 19 heteroatoms. The summed E-state index contributed by atoms with van der Waals surface area (Å²) in [5.74, 6) is -1.21. The van der Waals surface area contributed by atoms with Crippen LogP contribution in [0, 0.1) is 0 Å². The molecule has 0 aliphatic heterocycles. The molecule has 0 fully saturated rings. The normalized spacial score (nSPS) is 12.2. The summed E-state index contributed by atoms with van der Waals surface area (Å²) in [6.45, 7) is 36.3.